The van der Waals surface area contributed by atoms with Crippen LogP contribution < -0.4 is 10.1 Å². The molecule has 0 spiro atoms. The van der Waals surface area contributed by atoms with Crippen molar-refractivity contribution in [1.82, 2.24) is 15.0 Å². The molecule has 0 aliphatic heterocycles. The van der Waals surface area contributed by atoms with Gasteiger partial charge < -0.3 is 10.1 Å². The molecule has 9 heteroatoms. The van der Waals surface area contributed by atoms with Gasteiger partial charge in [-0.25, -0.2) is 15.0 Å². The molecule has 0 radical (unpaired) electrons. The summed E-state index contributed by atoms with van der Waals surface area (Å²) in [6.45, 7) is 0.314. The molecule has 1 aliphatic carbocycles. The molecule has 0 bridgehead atoms. The van der Waals surface area contributed by atoms with E-state index in [0.29, 0.717) is 29.0 Å². The third-order valence-corrected chi connectivity index (χ3v) is 7.03. The van der Waals surface area contributed by atoms with Gasteiger partial charge in [-0.15, -0.1) is 11.3 Å². The number of nitrogens with zero attached hydrogens (tertiary/aromatic N) is 3. The highest BCUT2D eigenvalue weighted by molar-refractivity contribution is 7.14. The lowest BCUT2D eigenvalue weighted by atomic mass is 9.90. The van der Waals surface area contributed by atoms with Crippen LogP contribution in [0.15, 0.2) is 66.4 Å². The van der Waals surface area contributed by atoms with Crippen LogP contribution in [-0.2, 0) is 6.18 Å². The highest BCUT2D eigenvalue weighted by atomic mass is 32.1. The molecule has 2 aromatic carbocycles. The molecule has 2 aromatic heterocycles. The van der Waals surface area contributed by atoms with Crippen molar-refractivity contribution < 1.29 is 17.9 Å². The number of alkyl halides is 3. The van der Waals surface area contributed by atoms with E-state index in [1.54, 1.807) is 12.3 Å². The van der Waals surface area contributed by atoms with Crippen LogP contribution in [0.1, 0.15) is 37.7 Å². The number of halogens is 3. The quantitative estimate of drug-likeness (QED) is 0.273. The van der Waals surface area contributed by atoms with E-state index in [2.05, 4.69) is 20.3 Å². The number of thiazole rings is 1. The van der Waals surface area contributed by atoms with E-state index in [9.17, 15) is 13.2 Å². The standard InChI is InChI=1S/C27H25F3N4OS/c28-27(29,30)22-13-20(11-12-24(22)35-15-18-7-3-1-4-8-18)33-26-34-23(16-36-26)21-14-31-17-32-25(21)19-9-5-2-6-10-19/h2,5-6,9-14,16-18H,1,3-4,7-8,15H2,(H,33,34). The first kappa shape index (κ1) is 24.2. The summed E-state index contributed by atoms with van der Waals surface area (Å²) < 4.78 is 47.1. The fraction of sp³-hybridized carbons (Fsp3) is 0.296. The molecule has 1 fully saturated rings. The van der Waals surface area contributed by atoms with E-state index in [-0.39, 0.29) is 5.75 Å². The number of benzene rings is 2. The van der Waals surface area contributed by atoms with Gasteiger partial charge in [0.15, 0.2) is 5.13 Å². The summed E-state index contributed by atoms with van der Waals surface area (Å²) in [7, 11) is 0. The van der Waals surface area contributed by atoms with Crippen LogP contribution in [0, 0.1) is 5.92 Å². The Labute approximate surface area is 211 Å². The zero-order chi connectivity index (χ0) is 25.0. The minimum atomic E-state index is -4.53. The average Bonchev–Trinajstić information content (AvgIpc) is 3.37. The minimum absolute atomic E-state index is 0.132. The minimum Gasteiger partial charge on any atom is -0.493 e. The van der Waals surface area contributed by atoms with E-state index in [1.165, 1.54) is 30.2 Å². The number of hydrogen-bond acceptors (Lipinski definition) is 6. The third-order valence-electron chi connectivity index (χ3n) is 6.28. The van der Waals surface area contributed by atoms with Crippen molar-refractivity contribution in [2.45, 2.75) is 38.3 Å². The predicted molar refractivity (Wildman–Crippen MR) is 135 cm³/mol. The SMILES string of the molecule is FC(F)(F)c1cc(Nc2nc(-c3cncnc3-c3ccccc3)cs2)ccc1OCC1CCCCC1. The molecule has 2 heterocycles. The second kappa shape index (κ2) is 10.7. The lowest BCUT2D eigenvalue weighted by molar-refractivity contribution is -0.139. The fourth-order valence-electron chi connectivity index (χ4n) is 4.44. The number of nitrogens with one attached hydrogen (secondary N) is 1. The number of aromatic nitrogens is 3. The largest absolute Gasteiger partial charge is 0.493 e. The Bertz CT molecular complexity index is 1300. The fourth-order valence-corrected chi connectivity index (χ4v) is 5.17. The molecule has 1 aliphatic rings. The Morgan fingerprint density at radius 3 is 2.61 bits per heavy atom. The van der Waals surface area contributed by atoms with Gasteiger partial charge in [0.05, 0.1) is 23.6 Å². The third kappa shape index (κ3) is 5.67. The van der Waals surface area contributed by atoms with Crippen molar-refractivity contribution in [2.24, 2.45) is 5.92 Å². The summed E-state index contributed by atoms with van der Waals surface area (Å²) >= 11 is 1.30. The summed E-state index contributed by atoms with van der Waals surface area (Å²) in [4.78, 5) is 13.1. The average molecular weight is 511 g/mol. The maximum Gasteiger partial charge on any atom is 0.420 e. The molecule has 0 saturated heterocycles. The van der Waals surface area contributed by atoms with Crippen molar-refractivity contribution in [1.29, 1.82) is 0 Å². The number of anilines is 2. The first-order valence-corrected chi connectivity index (χ1v) is 12.8. The zero-order valence-electron chi connectivity index (χ0n) is 19.5. The number of ether oxygens (including phenoxy) is 1. The van der Waals surface area contributed by atoms with E-state index < -0.39 is 11.7 Å². The Kier molecular flexibility index (Phi) is 7.18. The summed E-state index contributed by atoms with van der Waals surface area (Å²) in [5.41, 5.74) is 2.56. The molecule has 0 unspecified atom stereocenters. The monoisotopic (exact) mass is 510 g/mol. The van der Waals surface area contributed by atoms with Gasteiger partial charge in [-0.2, -0.15) is 13.2 Å². The second-order valence-corrected chi connectivity index (χ2v) is 9.70. The van der Waals surface area contributed by atoms with Gasteiger partial charge in [-0.05, 0) is 37.0 Å². The molecular formula is C27H25F3N4OS. The number of hydrogen-bond donors (Lipinski definition) is 1. The molecule has 5 rings (SSSR count). The predicted octanol–water partition coefficient (Wildman–Crippen LogP) is 7.99. The van der Waals surface area contributed by atoms with Crippen LogP contribution in [0.3, 0.4) is 0 Å². The normalized spacial score (nSPS) is 14.5. The zero-order valence-corrected chi connectivity index (χ0v) is 20.3. The lowest BCUT2D eigenvalue weighted by Crippen LogP contribution is -2.17. The highest BCUT2D eigenvalue weighted by Crippen LogP contribution is 2.40. The van der Waals surface area contributed by atoms with Crippen LogP contribution in [0.25, 0.3) is 22.5 Å². The Balaban J connectivity index is 1.35. The van der Waals surface area contributed by atoms with Crippen molar-refractivity contribution in [3.63, 3.8) is 0 Å². The molecule has 36 heavy (non-hydrogen) atoms. The summed E-state index contributed by atoms with van der Waals surface area (Å²) in [6, 6.07) is 13.7. The van der Waals surface area contributed by atoms with E-state index in [1.807, 2.05) is 35.7 Å². The highest BCUT2D eigenvalue weighted by Gasteiger charge is 2.35. The molecule has 0 amide bonds. The Morgan fingerprint density at radius 1 is 1.03 bits per heavy atom. The van der Waals surface area contributed by atoms with Gasteiger partial charge in [0, 0.05) is 28.4 Å². The second-order valence-electron chi connectivity index (χ2n) is 8.84. The molecule has 1 N–H and O–H groups in total. The summed E-state index contributed by atoms with van der Waals surface area (Å²) in [5.74, 6) is 0.182. The van der Waals surface area contributed by atoms with Gasteiger partial charge in [0.25, 0.3) is 0 Å². The van der Waals surface area contributed by atoms with Gasteiger partial charge >= 0.3 is 6.18 Å². The topological polar surface area (TPSA) is 59.9 Å². The maximum atomic E-state index is 13.8. The van der Waals surface area contributed by atoms with Crippen molar-refractivity contribution in [3.05, 3.63) is 72.0 Å². The van der Waals surface area contributed by atoms with Crippen LogP contribution >= 0.6 is 11.3 Å². The number of rotatable bonds is 7. The van der Waals surface area contributed by atoms with Crippen molar-refractivity contribution in [2.75, 3.05) is 11.9 Å². The molecule has 4 aromatic rings. The van der Waals surface area contributed by atoms with E-state index >= 15 is 0 Å². The van der Waals surface area contributed by atoms with Crippen LogP contribution in [0.5, 0.6) is 5.75 Å². The molecule has 1 saturated carbocycles. The van der Waals surface area contributed by atoms with Crippen molar-refractivity contribution in [3.8, 4) is 28.3 Å². The molecule has 0 atom stereocenters. The van der Waals surface area contributed by atoms with E-state index in [0.717, 1.165) is 48.6 Å². The van der Waals surface area contributed by atoms with Gasteiger partial charge in [-0.3, -0.25) is 0 Å². The first-order chi connectivity index (χ1) is 17.5. The molecule has 5 nitrogen and oxygen atoms in total. The molecule has 186 valence electrons. The smallest absolute Gasteiger partial charge is 0.420 e. The van der Waals surface area contributed by atoms with Crippen LogP contribution in [-0.4, -0.2) is 21.6 Å². The Morgan fingerprint density at radius 2 is 1.83 bits per heavy atom. The first-order valence-electron chi connectivity index (χ1n) is 11.9. The summed E-state index contributed by atoms with van der Waals surface area (Å²) in [5, 5.41) is 5.31. The maximum absolute atomic E-state index is 13.8. The summed E-state index contributed by atoms with van der Waals surface area (Å²) in [6.07, 6.45) is 4.06. The molecular weight excluding hydrogens is 485 g/mol. The van der Waals surface area contributed by atoms with Gasteiger partial charge in [-0.1, -0.05) is 49.6 Å². The Hall–Kier alpha value is -3.46. The van der Waals surface area contributed by atoms with E-state index in [4.69, 9.17) is 4.74 Å². The van der Waals surface area contributed by atoms with Crippen LogP contribution in [0.4, 0.5) is 24.0 Å². The van der Waals surface area contributed by atoms with Crippen LogP contribution in [0.2, 0.25) is 0 Å². The van der Waals surface area contributed by atoms with Gasteiger partial charge in [0.2, 0.25) is 0 Å². The lowest BCUT2D eigenvalue weighted by Gasteiger charge is -2.23. The van der Waals surface area contributed by atoms with Gasteiger partial charge in [0.1, 0.15) is 12.1 Å². The van der Waals surface area contributed by atoms with Crippen molar-refractivity contribution >= 4 is 22.2 Å².